The zero-order chi connectivity index (χ0) is 20.2. The van der Waals surface area contributed by atoms with Gasteiger partial charge in [0, 0.05) is 64.9 Å². The fourth-order valence-corrected chi connectivity index (χ4v) is 5.24. The third-order valence-electron chi connectivity index (χ3n) is 5.92. The molecule has 0 radical (unpaired) electrons. The molecule has 28 heavy (non-hydrogen) atoms. The van der Waals surface area contributed by atoms with Gasteiger partial charge in [-0.2, -0.15) is 0 Å². The van der Waals surface area contributed by atoms with Crippen molar-refractivity contribution in [2.75, 3.05) is 64.1 Å². The van der Waals surface area contributed by atoms with Crippen molar-refractivity contribution in [2.45, 2.75) is 24.5 Å². The topological polar surface area (TPSA) is 74.2 Å². The first-order valence-corrected chi connectivity index (χ1v) is 11.8. The summed E-state index contributed by atoms with van der Waals surface area (Å²) in [5, 5.41) is 3.34. The van der Waals surface area contributed by atoms with Crippen LogP contribution in [-0.2, 0) is 14.6 Å². The maximum absolute atomic E-state index is 12.5. The van der Waals surface area contributed by atoms with E-state index in [0.29, 0.717) is 32.6 Å². The van der Waals surface area contributed by atoms with E-state index < -0.39 is 14.6 Å². The predicted octanol–water partition coefficient (Wildman–Crippen LogP) is 1.29. The molecular weight excluding hydrogens is 376 g/mol. The van der Waals surface area contributed by atoms with E-state index in [9.17, 15) is 8.42 Å². The van der Waals surface area contributed by atoms with Crippen molar-refractivity contribution in [3.05, 3.63) is 29.8 Å². The van der Waals surface area contributed by atoms with Crippen LogP contribution in [0.4, 0.5) is 5.69 Å². The molecule has 2 fully saturated rings. The smallest absolute Gasteiger partial charge is 0.193 e. The number of hydrogen-bond donors (Lipinski definition) is 1. The van der Waals surface area contributed by atoms with Crippen LogP contribution >= 0.6 is 0 Å². The zero-order valence-corrected chi connectivity index (χ0v) is 18.0. The second kappa shape index (κ2) is 8.69. The molecule has 0 aromatic heterocycles. The molecule has 2 aliphatic heterocycles. The highest BCUT2D eigenvalue weighted by atomic mass is 32.2. The first kappa shape index (κ1) is 20.9. The standard InChI is InChI=1S/C20H32N4O3S/c1-17-5-4-6-18(15-17)23-9-11-24(12-10-23)19(21-2)22-16-20(28(3,25)26)7-13-27-14-8-20/h4-6,15H,7-14,16H2,1-3H3,(H,21,22). The number of rotatable bonds is 4. The lowest BCUT2D eigenvalue weighted by molar-refractivity contribution is 0.0754. The van der Waals surface area contributed by atoms with Gasteiger partial charge in [0.05, 0.1) is 4.75 Å². The predicted molar refractivity (Wildman–Crippen MR) is 114 cm³/mol. The number of aliphatic imine (C=N–C) groups is 1. The summed E-state index contributed by atoms with van der Waals surface area (Å²) in [6.45, 7) is 6.99. The monoisotopic (exact) mass is 408 g/mol. The van der Waals surface area contributed by atoms with Crippen molar-refractivity contribution in [2.24, 2.45) is 4.99 Å². The average molecular weight is 409 g/mol. The molecule has 1 N–H and O–H groups in total. The number of hydrogen-bond acceptors (Lipinski definition) is 5. The summed E-state index contributed by atoms with van der Waals surface area (Å²) in [7, 11) is -1.44. The van der Waals surface area contributed by atoms with Crippen LogP contribution in [0.2, 0.25) is 0 Å². The fraction of sp³-hybridized carbons (Fsp3) is 0.650. The Kier molecular flexibility index (Phi) is 6.50. The quantitative estimate of drug-likeness (QED) is 0.598. The molecule has 0 saturated carbocycles. The van der Waals surface area contributed by atoms with Gasteiger partial charge in [0.25, 0.3) is 0 Å². The van der Waals surface area contributed by atoms with E-state index in [1.54, 1.807) is 7.05 Å². The van der Waals surface area contributed by atoms with Crippen LogP contribution in [0.15, 0.2) is 29.3 Å². The van der Waals surface area contributed by atoms with Crippen molar-refractivity contribution in [1.82, 2.24) is 10.2 Å². The number of aryl methyl sites for hydroxylation is 1. The number of anilines is 1. The molecule has 0 amide bonds. The van der Waals surface area contributed by atoms with Gasteiger partial charge in [-0.1, -0.05) is 12.1 Å². The van der Waals surface area contributed by atoms with Crippen LogP contribution in [-0.4, -0.2) is 83.3 Å². The Morgan fingerprint density at radius 1 is 1.21 bits per heavy atom. The Hall–Kier alpha value is -1.80. The lowest BCUT2D eigenvalue weighted by Crippen LogP contribution is -2.57. The number of nitrogens with one attached hydrogen (secondary N) is 1. The highest BCUT2D eigenvalue weighted by Gasteiger charge is 2.42. The van der Waals surface area contributed by atoms with E-state index in [1.165, 1.54) is 17.5 Å². The summed E-state index contributed by atoms with van der Waals surface area (Å²) in [4.78, 5) is 9.00. The lowest BCUT2D eigenvalue weighted by atomic mass is 9.99. The van der Waals surface area contributed by atoms with Crippen LogP contribution in [0.3, 0.4) is 0 Å². The van der Waals surface area contributed by atoms with Crippen molar-refractivity contribution in [1.29, 1.82) is 0 Å². The number of ether oxygens (including phenoxy) is 1. The highest BCUT2D eigenvalue weighted by molar-refractivity contribution is 7.92. The second-order valence-corrected chi connectivity index (χ2v) is 10.2. The summed E-state index contributed by atoms with van der Waals surface area (Å²) < 4.78 is 29.5. The minimum absolute atomic E-state index is 0.375. The number of sulfone groups is 1. The Bertz CT molecular complexity index is 795. The summed E-state index contributed by atoms with van der Waals surface area (Å²) in [6.07, 6.45) is 2.39. The molecule has 156 valence electrons. The van der Waals surface area contributed by atoms with Crippen molar-refractivity contribution in [3.8, 4) is 0 Å². The molecule has 7 nitrogen and oxygen atoms in total. The van der Waals surface area contributed by atoms with Crippen LogP contribution in [0.5, 0.6) is 0 Å². The largest absolute Gasteiger partial charge is 0.381 e. The van der Waals surface area contributed by atoms with Gasteiger partial charge in [-0.15, -0.1) is 0 Å². The fourth-order valence-electron chi connectivity index (χ4n) is 4.00. The van der Waals surface area contributed by atoms with Gasteiger partial charge in [0.15, 0.2) is 15.8 Å². The van der Waals surface area contributed by atoms with E-state index in [-0.39, 0.29) is 0 Å². The number of piperazine rings is 1. The normalized spacial score (nSPS) is 20.9. The van der Waals surface area contributed by atoms with Gasteiger partial charge in [0.1, 0.15) is 0 Å². The molecule has 0 atom stereocenters. The first-order valence-electron chi connectivity index (χ1n) is 9.89. The maximum Gasteiger partial charge on any atom is 0.193 e. The van der Waals surface area contributed by atoms with Crippen molar-refractivity contribution in [3.63, 3.8) is 0 Å². The highest BCUT2D eigenvalue weighted by Crippen LogP contribution is 2.28. The van der Waals surface area contributed by atoms with Gasteiger partial charge in [0.2, 0.25) is 0 Å². The van der Waals surface area contributed by atoms with Gasteiger partial charge in [-0.25, -0.2) is 8.42 Å². The maximum atomic E-state index is 12.5. The van der Waals surface area contributed by atoms with Gasteiger partial charge in [-0.05, 0) is 37.5 Å². The second-order valence-electron chi connectivity index (χ2n) is 7.78. The SMILES string of the molecule is CN=C(NCC1(S(C)(=O)=O)CCOCC1)N1CCN(c2cccc(C)c2)CC1. The summed E-state index contributed by atoms with van der Waals surface area (Å²) in [6, 6.07) is 8.57. The van der Waals surface area contributed by atoms with Crippen LogP contribution in [0, 0.1) is 6.92 Å². The third-order valence-corrected chi connectivity index (χ3v) is 8.04. The Morgan fingerprint density at radius 3 is 2.46 bits per heavy atom. The van der Waals surface area contributed by atoms with Gasteiger partial charge < -0.3 is 19.9 Å². The Morgan fingerprint density at radius 2 is 1.89 bits per heavy atom. The number of benzene rings is 1. The minimum Gasteiger partial charge on any atom is -0.381 e. The lowest BCUT2D eigenvalue weighted by Gasteiger charge is -2.40. The molecule has 0 unspecified atom stereocenters. The molecule has 0 spiro atoms. The molecule has 8 heteroatoms. The molecule has 2 aliphatic rings. The molecular formula is C20H32N4O3S. The molecule has 0 bridgehead atoms. The van der Waals surface area contributed by atoms with E-state index >= 15 is 0 Å². The minimum atomic E-state index is -3.20. The summed E-state index contributed by atoms with van der Waals surface area (Å²) >= 11 is 0. The Labute approximate surface area is 168 Å². The third kappa shape index (κ3) is 4.60. The molecule has 2 saturated heterocycles. The summed E-state index contributed by atoms with van der Waals surface area (Å²) in [5.41, 5.74) is 2.51. The molecule has 0 aliphatic carbocycles. The molecule has 2 heterocycles. The van der Waals surface area contributed by atoms with E-state index in [4.69, 9.17) is 4.74 Å². The van der Waals surface area contributed by atoms with E-state index in [2.05, 4.69) is 51.3 Å². The number of nitrogens with zero attached hydrogens (tertiary/aromatic N) is 3. The van der Waals surface area contributed by atoms with Crippen molar-refractivity contribution >= 4 is 21.5 Å². The zero-order valence-electron chi connectivity index (χ0n) is 17.1. The average Bonchev–Trinajstić information content (AvgIpc) is 2.69. The Balaban J connectivity index is 1.60. The van der Waals surface area contributed by atoms with Crippen LogP contribution < -0.4 is 10.2 Å². The first-order chi connectivity index (χ1) is 13.3. The molecule has 1 aromatic carbocycles. The van der Waals surface area contributed by atoms with E-state index in [1.807, 2.05) is 0 Å². The van der Waals surface area contributed by atoms with Crippen LogP contribution in [0.1, 0.15) is 18.4 Å². The summed E-state index contributed by atoms with van der Waals surface area (Å²) in [5.74, 6) is 0.776. The van der Waals surface area contributed by atoms with E-state index in [0.717, 1.165) is 32.1 Å². The molecule has 3 rings (SSSR count). The van der Waals surface area contributed by atoms with Crippen molar-refractivity contribution < 1.29 is 13.2 Å². The van der Waals surface area contributed by atoms with Crippen LogP contribution in [0.25, 0.3) is 0 Å². The molecule has 1 aromatic rings. The number of guanidine groups is 1. The van der Waals surface area contributed by atoms with Gasteiger partial charge >= 0.3 is 0 Å². The van der Waals surface area contributed by atoms with Gasteiger partial charge in [-0.3, -0.25) is 4.99 Å².